The molecular weight excluding hydrogens is 172 g/mol. The van der Waals surface area contributed by atoms with Gasteiger partial charge in [0, 0.05) is 0 Å². The molecule has 1 aromatic rings. The third-order valence-electron chi connectivity index (χ3n) is 1.50. The van der Waals surface area contributed by atoms with Gasteiger partial charge in [0.25, 0.3) is 0 Å². The van der Waals surface area contributed by atoms with Crippen LogP contribution in [-0.4, -0.2) is 22.3 Å². The summed E-state index contributed by atoms with van der Waals surface area (Å²) in [6.07, 6.45) is -0.885. The van der Waals surface area contributed by atoms with Gasteiger partial charge in [0.05, 0.1) is 0 Å². The zero-order valence-electron chi connectivity index (χ0n) is 7.10. The molecule has 1 aromatic carbocycles. The van der Waals surface area contributed by atoms with Crippen molar-refractivity contribution in [3.05, 3.63) is 24.3 Å². The molecular formula is C9H10O4. The van der Waals surface area contributed by atoms with E-state index in [1.165, 1.54) is 31.2 Å². The lowest BCUT2D eigenvalue weighted by molar-refractivity contribution is -0.144. The Bertz CT molecular complexity index is 291. The third-order valence-corrected chi connectivity index (χ3v) is 1.50. The molecule has 0 fully saturated rings. The Balaban J connectivity index is 2.64. The van der Waals surface area contributed by atoms with E-state index >= 15 is 0 Å². The molecule has 4 nitrogen and oxygen atoms in total. The maximum Gasteiger partial charge on any atom is 0.344 e. The van der Waals surface area contributed by atoms with Crippen LogP contribution in [0.3, 0.4) is 0 Å². The molecule has 0 aliphatic heterocycles. The SMILES string of the molecule is C[C@@H](Oc1ccc(O)cc1)C(=O)O. The topological polar surface area (TPSA) is 66.8 Å². The van der Waals surface area contributed by atoms with E-state index in [4.69, 9.17) is 14.9 Å². The molecule has 1 atom stereocenters. The molecule has 70 valence electrons. The molecule has 4 heteroatoms. The van der Waals surface area contributed by atoms with Gasteiger partial charge in [-0.25, -0.2) is 4.79 Å². The standard InChI is InChI=1S/C9H10O4/c1-6(9(11)12)13-8-4-2-7(10)3-5-8/h2-6,10H,1H3,(H,11,12)/t6-/m1/s1. The van der Waals surface area contributed by atoms with Crippen LogP contribution < -0.4 is 4.74 Å². The van der Waals surface area contributed by atoms with E-state index in [1.807, 2.05) is 0 Å². The molecule has 0 spiro atoms. The minimum atomic E-state index is -1.02. The fraction of sp³-hybridized carbons (Fsp3) is 0.222. The zero-order valence-corrected chi connectivity index (χ0v) is 7.10. The number of benzene rings is 1. The van der Waals surface area contributed by atoms with Crippen molar-refractivity contribution in [2.45, 2.75) is 13.0 Å². The Morgan fingerprint density at radius 3 is 2.38 bits per heavy atom. The van der Waals surface area contributed by atoms with E-state index in [-0.39, 0.29) is 5.75 Å². The molecule has 0 amide bonds. The highest BCUT2D eigenvalue weighted by atomic mass is 16.5. The van der Waals surface area contributed by atoms with Gasteiger partial charge in [-0.3, -0.25) is 0 Å². The summed E-state index contributed by atoms with van der Waals surface area (Å²) in [5.74, 6) is -0.476. The Kier molecular flexibility index (Phi) is 2.74. The summed E-state index contributed by atoms with van der Waals surface area (Å²) in [7, 11) is 0. The van der Waals surface area contributed by atoms with Crippen molar-refractivity contribution < 1.29 is 19.7 Å². The summed E-state index contributed by atoms with van der Waals surface area (Å²) < 4.78 is 5.02. The number of ether oxygens (including phenoxy) is 1. The Labute approximate surface area is 75.4 Å². The number of rotatable bonds is 3. The van der Waals surface area contributed by atoms with E-state index in [0.29, 0.717) is 5.75 Å². The van der Waals surface area contributed by atoms with Gasteiger partial charge in [-0.15, -0.1) is 0 Å². The maximum atomic E-state index is 10.4. The summed E-state index contributed by atoms with van der Waals surface area (Å²) in [4.78, 5) is 10.4. The minimum Gasteiger partial charge on any atom is -0.508 e. The quantitative estimate of drug-likeness (QED) is 0.738. The molecule has 0 heterocycles. The van der Waals surface area contributed by atoms with Crippen molar-refractivity contribution >= 4 is 5.97 Å². The summed E-state index contributed by atoms with van der Waals surface area (Å²) >= 11 is 0. The molecule has 0 aliphatic rings. The second kappa shape index (κ2) is 3.80. The number of aliphatic carboxylic acids is 1. The van der Waals surface area contributed by atoms with Crippen molar-refractivity contribution in [1.29, 1.82) is 0 Å². The number of carbonyl (C=O) groups is 1. The largest absolute Gasteiger partial charge is 0.508 e. The number of carboxylic acids is 1. The average molecular weight is 182 g/mol. The Morgan fingerprint density at radius 2 is 1.92 bits per heavy atom. The van der Waals surface area contributed by atoms with Crippen molar-refractivity contribution in [2.75, 3.05) is 0 Å². The fourth-order valence-corrected chi connectivity index (χ4v) is 0.779. The molecule has 0 saturated heterocycles. The summed E-state index contributed by atoms with van der Waals surface area (Å²) in [6, 6.07) is 5.89. The molecule has 0 aliphatic carbocycles. The molecule has 0 unspecified atom stereocenters. The van der Waals surface area contributed by atoms with Gasteiger partial charge in [0.15, 0.2) is 6.10 Å². The van der Waals surface area contributed by atoms with E-state index in [1.54, 1.807) is 0 Å². The lowest BCUT2D eigenvalue weighted by Crippen LogP contribution is -2.22. The van der Waals surface area contributed by atoms with Gasteiger partial charge in [-0.1, -0.05) is 0 Å². The van der Waals surface area contributed by atoms with E-state index in [0.717, 1.165) is 0 Å². The van der Waals surface area contributed by atoms with Crippen molar-refractivity contribution in [2.24, 2.45) is 0 Å². The van der Waals surface area contributed by atoms with Gasteiger partial charge < -0.3 is 14.9 Å². The predicted octanol–water partition coefficient (Wildman–Crippen LogP) is 1.24. The first kappa shape index (κ1) is 9.38. The van der Waals surface area contributed by atoms with Crippen LogP contribution >= 0.6 is 0 Å². The molecule has 0 bridgehead atoms. The minimum absolute atomic E-state index is 0.121. The lowest BCUT2D eigenvalue weighted by atomic mass is 10.3. The zero-order chi connectivity index (χ0) is 9.84. The summed E-state index contributed by atoms with van der Waals surface area (Å²) in [5.41, 5.74) is 0. The van der Waals surface area contributed by atoms with Crippen LogP contribution in [0.4, 0.5) is 0 Å². The first-order valence-corrected chi connectivity index (χ1v) is 3.78. The number of aromatic hydroxyl groups is 1. The van der Waals surface area contributed by atoms with E-state index < -0.39 is 12.1 Å². The normalized spacial score (nSPS) is 12.1. The highest BCUT2D eigenvalue weighted by Gasteiger charge is 2.11. The van der Waals surface area contributed by atoms with Crippen molar-refractivity contribution in [3.8, 4) is 11.5 Å². The molecule has 13 heavy (non-hydrogen) atoms. The second-order valence-corrected chi connectivity index (χ2v) is 2.59. The number of hydrogen-bond donors (Lipinski definition) is 2. The second-order valence-electron chi connectivity index (χ2n) is 2.59. The van der Waals surface area contributed by atoms with Crippen LogP contribution in [0, 0.1) is 0 Å². The Morgan fingerprint density at radius 1 is 1.38 bits per heavy atom. The third kappa shape index (κ3) is 2.66. The average Bonchev–Trinajstić information content (AvgIpc) is 2.08. The van der Waals surface area contributed by atoms with E-state index in [2.05, 4.69) is 0 Å². The summed E-state index contributed by atoms with van der Waals surface area (Å²) in [5, 5.41) is 17.5. The van der Waals surface area contributed by atoms with Gasteiger partial charge >= 0.3 is 5.97 Å². The molecule has 1 rings (SSSR count). The Hall–Kier alpha value is -1.71. The van der Waals surface area contributed by atoms with Crippen LogP contribution in [0.15, 0.2) is 24.3 Å². The first-order valence-electron chi connectivity index (χ1n) is 3.78. The van der Waals surface area contributed by atoms with Gasteiger partial charge in [0.2, 0.25) is 0 Å². The van der Waals surface area contributed by atoms with Crippen LogP contribution in [0.5, 0.6) is 11.5 Å². The molecule has 0 saturated carbocycles. The van der Waals surface area contributed by atoms with Gasteiger partial charge in [-0.2, -0.15) is 0 Å². The maximum absolute atomic E-state index is 10.4. The number of phenols is 1. The molecule has 2 N–H and O–H groups in total. The highest BCUT2D eigenvalue weighted by Crippen LogP contribution is 2.16. The predicted molar refractivity (Wildman–Crippen MR) is 45.8 cm³/mol. The summed E-state index contributed by atoms with van der Waals surface area (Å²) in [6.45, 7) is 1.44. The van der Waals surface area contributed by atoms with Gasteiger partial charge in [-0.05, 0) is 31.2 Å². The monoisotopic (exact) mass is 182 g/mol. The van der Waals surface area contributed by atoms with Crippen LogP contribution in [-0.2, 0) is 4.79 Å². The van der Waals surface area contributed by atoms with Crippen LogP contribution in [0.2, 0.25) is 0 Å². The van der Waals surface area contributed by atoms with Crippen LogP contribution in [0.1, 0.15) is 6.92 Å². The van der Waals surface area contributed by atoms with Gasteiger partial charge in [0.1, 0.15) is 11.5 Å². The lowest BCUT2D eigenvalue weighted by Gasteiger charge is -2.09. The molecule has 0 radical (unpaired) electrons. The molecule has 0 aromatic heterocycles. The number of hydrogen-bond acceptors (Lipinski definition) is 3. The first-order chi connectivity index (χ1) is 6.09. The van der Waals surface area contributed by atoms with Crippen molar-refractivity contribution in [3.63, 3.8) is 0 Å². The number of phenolic OH excluding ortho intramolecular Hbond substituents is 1. The number of carboxylic acid groups (broad SMARTS) is 1. The van der Waals surface area contributed by atoms with Crippen LogP contribution in [0.25, 0.3) is 0 Å². The highest BCUT2D eigenvalue weighted by molar-refractivity contribution is 5.72. The fourth-order valence-electron chi connectivity index (χ4n) is 0.779. The smallest absolute Gasteiger partial charge is 0.344 e. The van der Waals surface area contributed by atoms with E-state index in [9.17, 15) is 4.79 Å². The van der Waals surface area contributed by atoms with Crippen molar-refractivity contribution in [1.82, 2.24) is 0 Å².